The molecule has 0 atom stereocenters. The van der Waals surface area contributed by atoms with E-state index in [-0.39, 0.29) is 5.91 Å². The van der Waals surface area contributed by atoms with Crippen molar-refractivity contribution < 1.29 is 14.3 Å². The highest BCUT2D eigenvalue weighted by atomic mass is 16.5. The van der Waals surface area contributed by atoms with Gasteiger partial charge in [-0.05, 0) is 59.9 Å². The molecule has 4 nitrogen and oxygen atoms in total. The number of amides is 1. The van der Waals surface area contributed by atoms with Gasteiger partial charge in [-0.1, -0.05) is 42.5 Å². The standard InChI is InChI=1S/C24H23NO3/c1-2-27-13-14-28-23-10-6-5-9-22(23)24(26)25-19-11-12-21-18(16-19)15-17-7-3-4-8-20(17)21/h3-12,16H,2,13-15H2,1H3,(H,25,26). The second kappa shape index (κ2) is 8.28. The number of ether oxygens (including phenoxy) is 2. The minimum atomic E-state index is -0.178. The summed E-state index contributed by atoms with van der Waals surface area (Å²) in [6.07, 6.45) is 0.895. The molecule has 28 heavy (non-hydrogen) atoms. The average molecular weight is 373 g/mol. The second-order valence-electron chi connectivity index (χ2n) is 6.70. The molecular weight excluding hydrogens is 350 g/mol. The molecule has 0 saturated carbocycles. The van der Waals surface area contributed by atoms with Crippen LogP contribution in [0.2, 0.25) is 0 Å². The fraction of sp³-hybridized carbons (Fsp3) is 0.208. The topological polar surface area (TPSA) is 47.6 Å². The lowest BCUT2D eigenvalue weighted by atomic mass is 10.1. The maximum absolute atomic E-state index is 12.8. The van der Waals surface area contributed by atoms with Crippen LogP contribution in [0.1, 0.15) is 28.4 Å². The van der Waals surface area contributed by atoms with Crippen molar-refractivity contribution in [3.8, 4) is 16.9 Å². The van der Waals surface area contributed by atoms with E-state index < -0.39 is 0 Å². The van der Waals surface area contributed by atoms with E-state index in [1.165, 1.54) is 22.3 Å². The summed E-state index contributed by atoms with van der Waals surface area (Å²) >= 11 is 0. The zero-order valence-electron chi connectivity index (χ0n) is 15.9. The molecule has 3 aromatic rings. The molecule has 0 saturated heterocycles. The maximum atomic E-state index is 12.8. The number of fused-ring (bicyclic) bond motifs is 3. The van der Waals surface area contributed by atoms with E-state index in [0.717, 1.165) is 12.1 Å². The van der Waals surface area contributed by atoms with Gasteiger partial charge in [-0.2, -0.15) is 0 Å². The fourth-order valence-corrected chi connectivity index (χ4v) is 3.56. The summed E-state index contributed by atoms with van der Waals surface area (Å²) in [5.41, 5.74) is 6.40. The zero-order chi connectivity index (χ0) is 19.3. The van der Waals surface area contributed by atoms with Crippen LogP contribution < -0.4 is 10.1 Å². The average Bonchev–Trinajstić information content (AvgIpc) is 3.09. The summed E-state index contributed by atoms with van der Waals surface area (Å²) in [6.45, 7) is 3.50. The first-order valence-corrected chi connectivity index (χ1v) is 9.58. The Hall–Kier alpha value is -3.11. The molecule has 1 aliphatic rings. The number of para-hydroxylation sites is 1. The number of hydrogen-bond acceptors (Lipinski definition) is 3. The van der Waals surface area contributed by atoms with Crippen molar-refractivity contribution in [2.45, 2.75) is 13.3 Å². The van der Waals surface area contributed by atoms with Gasteiger partial charge in [-0.25, -0.2) is 0 Å². The van der Waals surface area contributed by atoms with Crippen molar-refractivity contribution in [2.24, 2.45) is 0 Å². The molecule has 1 N–H and O–H groups in total. The van der Waals surface area contributed by atoms with Crippen molar-refractivity contribution >= 4 is 11.6 Å². The van der Waals surface area contributed by atoms with Gasteiger partial charge in [0.2, 0.25) is 0 Å². The third-order valence-electron chi connectivity index (χ3n) is 4.87. The van der Waals surface area contributed by atoms with Crippen molar-refractivity contribution in [3.05, 3.63) is 83.4 Å². The van der Waals surface area contributed by atoms with Gasteiger partial charge in [0.05, 0.1) is 12.2 Å². The zero-order valence-corrected chi connectivity index (χ0v) is 15.9. The third-order valence-corrected chi connectivity index (χ3v) is 4.87. The largest absolute Gasteiger partial charge is 0.490 e. The number of nitrogens with one attached hydrogen (secondary N) is 1. The molecular formula is C24H23NO3. The predicted molar refractivity (Wildman–Crippen MR) is 111 cm³/mol. The normalized spacial score (nSPS) is 11.6. The lowest BCUT2D eigenvalue weighted by molar-refractivity contribution is 0.0998. The molecule has 1 aliphatic carbocycles. The Morgan fingerprint density at radius 2 is 1.71 bits per heavy atom. The highest BCUT2D eigenvalue weighted by Crippen LogP contribution is 2.37. The summed E-state index contributed by atoms with van der Waals surface area (Å²) in [4.78, 5) is 12.8. The van der Waals surface area contributed by atoms with Gasteiger partial charge in [0.25, 0.3) is 5.91 Å². The SMILES string of the molecule is CCOCCOc1ccccc1C(=O)Nc1ccc2c(c1)Cc1ccccc1-2. The van der Waals surface area contributed by atoms with Crippen molar-refractivity contribution in [3.63, 3.8) is 0 Å². The molecule has 142 valence electrons. The number of benzene rings is 3. The number of carbonyl (C=O) groups excluding carboxylic acids is 1. The highest BCUT2D eigenvalue weighted by molar-refractivity contribution is 6.06. The summed E-state index contributed by atoms with van der Waals surface area (Å²) in [7, 11) is 0. The summed E-state index contributed by atoms with van der Waals surface area (Å²) in [6, 6.07) is 21.8. The highest BCUT2D eigenvalue weighted by Gasteiger charge is 2.19. The van der Waals surface area contributed by atoms with E-state index in [1.54, 1.807) is 12.1 Å². The van der Waals surface area contributed by atoms with Gasteiger partial charge in [0.1, 0.15) is 12.4 Å². The van der Waals surface area contributed by atoms with Gasteiger partial charge in [0.15, 0.2) is 0 Å². The number of carbonyl (C=O) groups is 1. The van der Waals surface area contributed by atoms with Crippen LogP contribution in [0.5, 0.6) is 5.75 Å². The molecule has 0 fully saturated rings. The maximum Gasteiger partial charge on any atom is 0.259 e. The Balaban J connectivity index is 1.49. The number of rotatable bonds is 7. The van der Waals surface area contributed by atoms with Crippen LogP contribution in [0.15, 0.2) is 66.7 Å². The van der Waals surface area contributed by atoms with Crippen molar-refractivity contribution in [1.29, 1.82) is 0 Å². The molecule has 4 rings (SSSR count). The van der Waals surface area contributed by atoms with Gasteiger partial charge in [0, 0.05) is 12.3 Å². The van der Waals surface area contributed by atoms with Crippen molar-refractivity contribution in [2.75, 3.05) is 25.1 Å². The first kappa shape index (κ1) is 18.3. The molecule has 0 radical (unpaired) electrons. The third kappa shape index (κ3) is 3.78. The Bertz CT molecular complexity index is 997. The van der Waals surface area contributed by atoms with Crippen LogP contribution in [-0.2, 0) is 11.2 Å². The number of hydrogen-bond donors (Lipinski definition) is 1. The molecule has 1 amide bonds. The Kier molecular flexibility index (Phi) is 5.40. The van der Waals surface area contributed by atoms with Crippen LogP contribution >= 0.6 is 0 Å². The van der Waals surface area contributed by atoms with E-state index >= 15 is 0 Å². The second-order valence-corrected chi connectivity index (χ2v) is 6.70. The van der Waals surface area contributed by atoms with E-state index in [0.29, 0.717) is 31.1 Å². The quantitative estimate of drug-likeness (QED) is 0.468. The van der Waals surface area contributed by atoms with Crippen LogP contribution in [-0.4, -0.2) is 25.7 Å². The lowest BCUT2D eigenvalue weighted by Gasteiger charge is -2.12. The lowest BCUT2D eigenvalue weighted by Crippen LogP contribution is -2.15. The van der Waals surface area contributed by atoms with Crippen LogP contribution in [0.4, 0.5) is 5.69 Å². The summed E-state index contributed by atoms with van der Waals surface area (Å²) in [5.74, 6) is 0.385. The van der Waals surface area contributed by atoms with Gasteiger partial charge >= 0.3 is 0 Å². The van der Waals surface area contributed by atoms with Crippen LogP contribution in [0, 0.1) is 0 Å². The Morgan fingerprint density at radius 3 is 2.61 bits per heavy atom. The van der Waals surface area contributed by atoms with Crippen LogP contribution in [0.3, 0.4) is 0 Å². The molecule has 0 spiro atoms. The molecule has 0 unspecified atom stereocenters. The first-order valence-electron chi connectivity index (χ1n) is 9.58. The smallest absolute Gasteiger partial charge is 0.259 e. The van der Waals surface area contributed by atoms with Gasteiger partial charge in [-0.3, -0.25) is 4.79 Å². The first-order chi connectivity index (χ1) is 13.8. The minimum Gasteiger partial charge on any atom is -0.490 e. The molecule has 0 aromatic heterocycles. The van der Waals surface area contributed by atoms with E-state index in [2.05, 4.69) is 41.7 Å². The monoisotopic (exact) mass is 373 g/mol. The molecule has 3 aromatic carbocycles. The molecule has 0 aliphatic heterocycles. The summed E-state index contributed by atoms with van der Waals surface area (Å²) in [5, 5.41) is 3.01. The van der Waals surface area contributed by atoms with Gasteiger partial charge in [-0.15, -0.1) is 0 Å². The minimum absolute atomic E-state index is 0.178. The Morgan fingerprint density at radius 1 is 0.929 bits per heavy atom. The molecule has 4 heteroatoms. The van der Waals surface area contributed by atoms with Crippen LogP contribution in [0.25, 0.3) is 11.1 Å². The van der Waals surface area contributed by atoms with E-state index in [9.17, 15) is 4.79 Å². The molecule has 0 bridgehead atoms. The van der Waals surface area contributed by atoms with E-state index in [4.69, 9.17) is 9.47 Å². The van der Waals surface area contributed by atoms with Crippen molar-refractivity contribution in [1.82, 2.24) is 0 Å². The van der Waals surface area contributed by atoms with E-state index in [1.807, 2.05) is 25.1 Å². The summed E-state index contributed by atoms with van der Waals surface area (Å²) < 4.78 is 11.0. The predicted octanol–water partition coefficient (Wildman–Crippen LogP) is 4.93. The molecule has 0 heterocycles. The fourth-order valence-electron chi connectivity index (χ4n) is 3.56. The van der Waals surface area contributed by atoms with Gasteiger partial charge < -0.3 is 14.8 Å². The number of anilines is 1. The Labute approximate surface area is 165 Å².